The molecule has 1 fully saturated rings. The Balaban J connectivity index is 1.79. The first-order valence-corrected chi connectivity index (χ1v) is 7.76. The van der Waals surface area contributed by atoms with Crippen molar-refractivity contribution < 1.29 is 4.74 Å². The number of halogens is 1. The molecule has 0 saturated carbocycles. The Hall–Kier alpha value is -2.12. The van der Waals surface area contributed by atoms with Crippen molar-refractivity contribution >= 4 is 29.2 Å². The maximum Gasteiger partial charge on any atom is 0.232 e. The van der Waals surface area contributed by atoms with Crippen molar-refractivity contribution in [2.75, 3.05) is 50.6 Å². The maximum atomic E-state index is 6.05. The molecule has 7 nitrogen and oxygen atoms in total. The minimum atomic E-state index is 0.467. The quantitative estimate of drug-likeness (QED) is 0.917. The number of ether oxygens (including phenoxy) is 1. The molecule has 0 atom stereocenters. The Bertz CT molecular complexity index is 675. The van der Waals surface area contributed by atoms with E-state index in [2.05, 4.69) is 37.1 Å². The van der Waals surface area contributed by atoms with Gasteiger partial charge in [-0.05, 0) is 25.2 Å². The number of hydrogen-bond donors (Lipinski definition) is 1. The molecule has 0 radical (unpaired) electrons. The normalized spacial score (nSPS) is 15.5. The Labute approximate surface area is 140 Å². The molecule has 0 unspecified atom stereocenters. The van der Waals surface area contributed by atoms with Crippen LogP contribution in [0.15, 0.2) is 24.5 Å². The number of anilines is 3. The number of likely N-dealkylation sites (N-methyl/N-ethyl adjacent to an activating group) is 1. The highest BCUT2D eigenvalue weighted by Gasteiger charge is 2.17. The minimum Gasteiger partial charge on any atom is -0.495 e. The summed E-state index contributed by atoms with van der Waals surface area (Å²) in [6.45, 7) is 3.80. The van der Waals surface area contributed by atoms with Crippen molar-refractivity contribution in [3.63, 3.8) is 0 Å². The minimum absolute atomic E-state index is 0.467. The number of nitrogens with one attached hydrogen (secondary N) is 1. The van der Waals surface area contributed by atoms with Crippen LogP contribution < -0.4 is 15.0 Å². The standard InChI is InChI=1S/C15H19ClN6O/c1-21-5-7-22(8-6-21)15-18-10-17-14(20-15)19-12-9-11(16)3-4-13(12)23-2/h3-4,9-10H,5-8H2,1-2H3,(H,17,18,19,20). The van der Waals surface area contributed by atoms with E-state index in [4.69, 9.17) is 16.3 Å². The van der Waals surface area contributed by atoms with Crippen LogP contribution in [0, 0.1) is 0 Å². The van der Waals surface area contributed by atoms with E-state index >= 15 is 0 Å². The van der Waals surface area contributed by atoms with Gasteiger partial charge in [0.1, 0.15) is 12.1 Å². The van der Waals surface area contributed by atoms with E-state index in [-0.39, 0.29) is 0 Å². The fourth-order valence-corrected chi connectivity index (χ4v) is 2.58. The third-order valence-corrected chi connectivity index (χ3v) is 3.99. The number of nitrogens with zero attached hydrogens (tertiary/aromatic N) is 5. The van der Waals surface area contributed by atoms with E-state index in [0.717, 1.165) is 31.9 Å². The summed E-state index contributed by atoms with van der Waals surface area (Å²) in [6.07, 6.45) is 1.51. The van der Waals surface area contributed by atoms with Crippen molar-refractivity contribution in [3.8, 4) is 5.75 Å². The molecule has 1 N–H and O–H groups in total. The lowest BCUT2D eigenvalue weighted by Crippen LogP contribution is -2.45. The molecule has 2 aromatic rings. The van der Waals surface area contributed by atoms with Gasteiger partial charge in [0.2, 0.25) is 11.9 Å². The van der Waals surface area contributed by atoms with E-state index in [1.165, 1.54) is 6.33 Å². The smallest absolute Gasteiger partial charge is 0.232 e. The summed E-state index contributed by atoms with van der Waals surface area (Å²) in [7, 11) is 3.72. The van der Waals surface area contributed by atoms with Crippen LogP contribution >= 0.6 is 11.6 Å². The summed E-state index contributed by atoms with van der Waals surface area (Å²) in [5.74, 6) is 1.82. The first kappa shape index (κ1) is 15.8. The largest absolute Gasteiger partial charge is 0.495 e. The fourth-order valence-electron chi connectivity index (χ4n) is 2.41. The molecule has 0 amide bonds. The molecule has 1 aliphatic rings. The zero-order valence-electron chi connectivity index (χ0n) is 13.2. The lowest BCUT2D eigenvalue weighted by atomic mass is 10.3. The van der Waals surface area contributed by atoms with Crippen LogP contribution in [0.2, 0.25) is 5.02 Å². The highest BCUT2D eigenvalue weighted by atomic mass is 35.5. The molecular weight excluding hydrogens is 316 g/mol. The van der Waals surface area contributed by atoms with E-state index in [1.807, 2.05) is 0 Å². The summed E-state index contributed by atoms with van der Waals surface area (Å²) >= 11 is 6.05. The van der Waals surface area contributed by atoms with Crippen LogP contribution in [0.3, 0.4) is 0 Å². The third-order valence-electron chi connectivity index (χ3n) is 3.75. The van der Waals surface area contributed by atoms with E-state index in [9.17, 15) is 0 Å². The Morgan fingerprint density at radius 1 is 1.17 bits per heavy atom. The molecule has 1 aromatic heterocycles. The number of rotatable bonds is 4. The van der Waals surface area contributed by atoms with Crippen LogP contribution in [-0.2, 0) is 0 Å². The van der Waals surface area contributed by atoms with Crippen molar-refractivity contribution in [1.82, 2.24) is 19.9 Å². The molecule has 0 aliphatic carbocycles. The topological polar surface area (TPSA) is 66.4 Å². The van der Waals surface area contributed by atoms with Gasteiger partial charge in [-0.2, -0.15) is 4.98 Å². The zero-order valence-corrected chi connectivity index (χ0v) is 13.9. The second kappa shape index (κ2) is 6.97. The number of aromatic nitrogens is 3. The second-order valence-corrected chi connectivity index (χ2v) is 5.81. The Kier molecular flexibility index (Phi) is 4.78. The van der Waals surface area contributed by atoms with Crippen LogP contribution in [-0.4, -0.2) is 60.2 Å². The molecule has 23 heavy (non-hydrogen) atoms. The average molecular weight is 335 g/mol. The van der Waals surface area contributed by atoms with E-state index in [1.54, 1.807) is 25.3 Å². The molecular formula is C15H19ClN6O. The van der Waals surface area contributed by atoms with Crippen LogP contribution in [0.25, 0.3) is 0 Å². The van der Waals surface area contributed by atoms with Gasteiger partial charge in [-0.1, -0.05) is 11.6 Å². The molecule has 1 aromatic carbocycles. The number of piperazine rings is 1. The highest BCUT2D eigenvalue weighted by Crippen LogP contribution is 2.29. The van der Waals surface area contributed by atoms with Gasteiger partial charge >= 0.3 is 0 Å². The summed E-state index contributed by atoms with van der Waals surface area (Å²) in [4.78, 5) is 17.4. The number of benzene rings is 1. The Morgan fingerprint density at radius 2 is 1.96 bits per heavy atom. The molecule has 1 saturated heterocycles. The monoisotopic (exact) mass is 334 g/mol. The highest BCUT2D eigenvalue weighted by molar-refractivity contribution is 6.30. The van der Waals surface area contributed by atoms with Gasteiger partial charge in [0.05, 0.1) is 12.8 Å². The SMILES string of the molecule is COc1ccc(Cl)cc1Nc1ncnc(N2CCN(C)CC2)n1. The third kappa shape index (κ3) is 3.80. The lowest BCUT2D eigenvalue weighted by molar-refractivity contribution is 0.311. The van der Waals surface area contributed by atoms with E-state index < -0.39 is 0 Å². The van der Waals surface area contributed by atoms with Gasteiger partial charge in [-0.25, -0.2) is 9.97 Å². The number of methoxy groups -OCH3 is 1. The molecule has 3 rings (SSSR count). The first-order valence-electron chi connectivity index (χ1n) is 7.39. The maximum absolute atomic E-state index is 6.05. The zero-order chi connectivity index (χ0) is 16.2. The summed E-state index contributed by atoms with van der Waals surface area (Å²) in [5, 5.41) is 3.76. The van der Waals surface area contributed by atoms with Gasteiger partial charge < -0.3 is 19.9 Å². The van der Waals surface area contributed by atoms with Crippen LogP contribution in [0.4, 0.5) is 17.6 Å². The van der Waals surface area contributed by atoms with Crippen molar-refractivity contribution in [2.45, 2.75) is 0 Å². The predicted molar refractivity (Wildman–Crippen MR) is 90.8 cm³/mol. The van der Waals surface area contributed by atoms with Crippen molar-refractivity contribution in [2.24, 2.45) is 0 Å². The Morgan fingerprint density at radius 3 is 2.70 bits per heavy atom. The van der Waals surface area contributed by atoms with Crippen LogP contribution in [0.5, 0.6) is 5.75 Å². The molecule has 0 spiro atoms. The molecule has 0 bridgehead atoms. The average Bonchev–Trinajstić information content (AvgIpc) is 2.56. The predicted octanol–water partition coefficient (Wildman–Crippen LogP) is 2.03. The van der Waals surface area contributed by atoms with Gasteiger partial charge in [-0.15, -0.1) is 0 Å². The summed E-state index contributed by atoms with van der Waals surface area (Å²) in [5.41, 5.74) is 0.718. The molecule has 1 aliphatic heterocycles. The summed E-state index contributed by atoms with van der Waals surface area (Å²) in [6, 6.07) is 5.35. The molecule has 2 heterocycles. The van der Waals surface area contributed by atoms with Crippen molar-refractivity contribution in [3.05, 3.63) is 29.5 Å². The second-order valence-electron chi connectivity index (χ2n) is 5.37. The van der Waals surface area contributed by atoms with Gasteiger partial charge in [0, 0.05) is 31.2 Å². The van der Waals surface area contributed by atoms with Crippen molar-refractivity contribution in [1.29, 1.82) is 0 Å². The lowest BCUT2D eigenvalue weighted by Gasteiger charge is -2.32. The van der Waals surface area contributed by atoms with E-state index in [0.29, 0.717) is 22.7 Å². The first-order chi connectivity index (χ1) is 11.2. The van der Waals surface area contributed by atoms with Gasteiger partial charge in [0.15, 0.2) is 0 Å². The van der Waals surface area contributed by atoms with Crippen LogP contribution in [0.1, 0.15) is 0 Å². The van der Waals surface area contributed by atoms with Gasteiger partial charge in [0.25, 0.3) is 0 Å². The molecule has 122 valence electrons. The fraction of sp³-hybridized carbons (Fsp3) is 0.400. The summed E-state index contributed by atoms with van der Waals surface area (Å²) < 4.78 is 5.32. The molecule has 8 heteroatoms. The van der Waals surface area contributed by atoms with Gasteiger partial charge in [-0.3, -0.25) is 0 Å². The number of hydrogen-bond acceptors (Lipinski definition) is 7.